The van der Waals surface area contributed by atoms with Gasteiger partial charge in [-0.15, -0.1) is 0 Å². The second-order valence-corrected chi connectivity index (χ2v) is 10.2. The molecule has 1 saturated carbocycles. The van der Waals surface area contributed by atoms with Gasteiger partial charge in [0.25, 0.3) is 6.43 Å². The van der Waals surface area contributed by atoms with Crippen LogP contribution in [0.2, 0.25) is 0 Å². The fourth-order valence-electron chi connectivity index (χ4n) is 5.10. The van der Waals surface area contributed by atoms with Crippen molar-refractivity contribution in [2.24, 2.45) is 11.7 Å². The molecular weight excluding hydrogens is 452 g/mol. The van der Waals surface area contributed by atoms with Gasteiger partial charge >= 0.3 is 0 Å². The van der Waals surface area contributed by atoms with Crippen LogP contribution >= 0.6 is 0 Å². The number of halogens is 2. The number of nitrogens with one attached hydrogen (secondary N) is 1. The highest BCUT2D eigenvalue weighted by atomic mass is 19.3. The zero-order chi connectivity index (χ0) is 24.6. The standard InChI is InChI=1S/C25H33F2N7O/c1-25(2)15-35-12-11-33(25)20-13-21(32-24(31-20)29-14-16-7-9-17(28)10-8-16)34-19-6-4-3-5-18(19)30-23(34)22(26)27/h3-6,13,16-17,22H,7-12,14-15,28H2,1-2H3,(H,29,31,32). The first kappa shape index (κ1) is 23.9. The summed E-state index contributed by atoms with van der Waals surface area (Å²) in [5.74, 6) is 1.62. The predicted molar refractivity (Wildman–Crippen MR) is 132 cm³/mol. The summed E-state index contributed by atoms with van der Waals surface area (Å²) in [4.78, 5) is 15.9. The molecule has 0 unspecified atom stereocenters. The minimum absolute atomic E-state index is 0.281. The van der Waals surface area contributed by atoms with Gasteiger partial charge in [-0.05, 0) is 57.6 Å². The van der Waals surface area contributed by atoms with Crippen LogP contribution in [0.5, 0.6) is 0 Å². The van der Waals surface area contributed by atoms with Crippen molar-refractivity contribution in [3.8, 4) is 5.82 Å². The molecule has 0 spiro atoms. The second-order valence-electron chi connectivity index (χ2n) is 10.2. The van der Waals surface area contributed by atoms with Crippen molar-refractivity contribution in [3.63, 3.8) is 0 Å². The van der Waals surface area contributed by atoms with E-state index in [0.29, 0.717) is 60.8 Å². The van der Waals surface area contributed by atoms with Gasteiger partial charge in [0, 0.05) is 25.2 Å². The third kappa shape index (κ3) is 4.95. The summed E-state index contributed by atoms with van der Waals surface area (Å²) in [6, 6.07) is 9.18. The molecule has 0 radical (unpaired) electrons. The fourth-order valence-corrected chi connectivity index (χ4v) is 5.10. The van der Waals surface area contributed by atoms with Gasteiger partial charge in [-0.3, -0.25) is 4.57 Å². The summed E-state index contributed by atoms with van der Waals surface area (Å²) in [6.45, 7) is 6.66. The second kappa shape index (κ2) is 9.66. The molecule has 35 heavy (non-hydrogen) atoms. The van der Waals surface area contributed by atoms with E-state index >= 15 is 0 Å². The van der Waals surface area contributed by atoms with E-state index in [-0.39, 0.29) is 17.4 Å². The van der Waals surface area contributed by atoms with E-state index in [0.717, 1.165) is 25.7 Å². The monoisotopic (exact) mass is 485 g/mol. The van der Waals surface area contributed by atoms with Crippen molar-refractivity contribution >= 4 is 22.8 Å². The topological polar surface area (TPSA) is 94.1 Å². The molecule has 1 aromatic carbocycles. The smallest absolute Gasteiger partial charge is 0.296 e. The van der Waals surface area contributed by atoms with Crippen LogP contribution in [0, 0.1) is 5.92 Å². The Bertz CT molecular complexity index is 1170. The Kier molecular flexibility index (Phi) is 6.59. The van der Waals surface area contributed by atoms with Crippen LogP contribution in [0.3, 0.4) is 0 Å². The highest BCUT2D eigenvalue weighted by molar-refractivity contribution is 5.78. The van der Waals surface area contributed by atoms with E-state index in [1.807, 2.05) is 6.07 Å². The minimum atomic E-state index is -2.75. The zero-order valence-electron chi connectivity index (χ0n) is 20.3. The van der Waals surface area contributed by atoms with E-state index in [2.05, 4.69) is 29.0 Å². The Morgan fingerprint density at radius 1 is 1.11 bits per heavy atom. The number of morpholine rings is 1. The molecule has 8 nitrogen and oxygen atoms in total. The molecule has 10 heteroatoms. The molecule has 0 atom stereocenters. The number of nitrogens with zero attached hydrogens (tertiary/aromatic N) is 5. The van der Waals surface area contributed by atoms with Crippen LogP contribution in [0.4, 0.5) is 20.5 Å². The number of rotatable bonds is 6. The molecule has 1 aliphatic heterocycles. The maximum Gasteiger partial charge on any atom is 0.296 e. The van der Waals surface area contributed by atoms with Crippen LogP contribution in [0.25, 0.3) is 16.9 Å². The Labute approximate surface area is 203 Å². The highest BCUT2D eigenvalue weighted by Gasteiger charge is 2.33. The number of benzene rings is 1. The number of aromatic nitrogens is 4. The van der Waals surface area contributed by atoms with Gasteiger partial charge in [-0.2, -0.15) is 9.97 Å². The lowest BCUT2D eigenvalue weighted by Gasteiger charge is -2.43. The molecule has 1 aliphatic carbocycles. The number of alkyl halides is 2. The summed E-state index contributed by atoms with van der Waals surface area (Å²) in [6.07, 6.45) is 1.39. The predicted octanol–water partition coefficient (Wildman–Crippen LogP) is 4.30. The molecule has 2 fully saturated rings. The Balaban J connectivity index is 1.56. The summed E-state index contributed by atoms with van der Waals surface area (Å²) in [5.41, 5.74) is 6.84. The van der Waals surface area contributed by atoms with Gasteiger partial charge in [-0.1, -0.05) is 12.1 Å². The number of para-hydroxylation sites is 2. The SMILES string of the molecule is CC1(C)COCCN1c1cc(-n2c(C(F)F)nc3ccccc32)nc(NCC2CCC(N)CC2)n1. The van der Waals surface area contributed by atoms with Gasteiger partial charge in [0.2, 0.25) is 5.95 Å². The van der Waals surface area contributed by atoms with Crippen LogP contribution < -0.4 is 16.0 Å². The van der Waals surface area contributed by atoms with Crippen LogP contribution in [-0.2, 0) is 4.74 Å². The molecule has 0 amide bonds. The van der Waals surface area contributed by atoms with Gasteiger partial charge in [0.1, 0.15) is 11.6 Å². The third-order valence-electron chi connectivity index (χ3n) is 7.07. The summed E-state index contributed by atoms with van der Waals surface area (Å²) in [5, 5.41) is 3.39. The zero-order valence-corrected chi connectivity index (χ0v) is 20.3. The number of fused-ring (bicyclic) bond motifs is 1. The van der Waals surface area contributed by atoms with E-state index in [1.165, 1.54) is 4.57 Å². The first-order chi connectivity index (χ1) is 16.8. The van der Waals surface area contributed by atoms with E-state index in [4.69, 9.17) is 20.4 Å². The van der Waals surface area contributed by atoms with Crippen molar-refractivity contribution in [2.45, 2.75) is 57.5 Å². The summed E-state index contributed by atoms with van der Waals surface area (Å²) in [7, 11) is 0. The molecular formula is C25H33F2N7O. The molecule has 2 aliphatic rings. The van der Waals surface area contributed by atoms with Crippen molar-refractivity contribution in [1.29, 1.82) is 0 Å². The van der Waals surface area contributed by atoms with Crippen LogP contribution in [-0.4, -0.2) is 57.4 Å². The van der Waals surface area contributed by atoms with Gasteiger partial charge in [-0.25, -0.2) is 13.8 Å². The quantitative estimate of drug-likeness (QED) is 0.538. The number of nitrogens with two attached hydrogens (primary N) is 1. The first-order valence-corrected chi connectivity index (χ1v) is 12.3. The van der Waals surface area contributed by atoms with Crippen LogP contribution in [0.1, 0.15) is 51.8 Å². The maximum atomic E-state index is 14.1. The average Bonchev–Trinajstić information content (AvgIpc) is 3.23. The van der Waals surface area contributed by atoms with E-state index in [1.54, 1.807) is 24.3 Å². The summed E-state index contributed by atoms with van der Waals surface area (Å²) >= 11 is 0. The molecule has 0 bridgehead atoms. The lowest BCUT2D eigenvalue weighted by molar-refractivity contribution is 0.0639. The Hall–Kier alpha value is -2.85. The number of hydrogen-bond donors (Lipinski definition) is 2. The molecule has 1 saturated heterocycles. The minimum Gasteiger partial charge on any atom is -0.377 e. The number of hydrogen-bond acceptors (Lipinski definition) is 7. The number of anilines is 2. The Morgan fingerprint density at radius 2 is 1.86 bits per heavy atom. The number of ether oxygens (including phenoxy) is 1. The molecule has 5 rings (SSSR count). The van der Waals surface area contributed by atoms with E-state index < -0.39 is 6.43 Å². The van der Waals surface area contributed by atoms with Gasteiger partial charge in [0.15, 0.2) is 5.82 Å². The first-order valence-electron chi connectivity index (χ1n) is 12.3. The molecule has 3 N–H and O–H groups in total. The van der Waals surface area contributed by atoms with Gasteiger partial charge < -0.3 is 20.7 Å². The largest absolute Gasteiger partial charge is 0.377 e. The van der Waals surface area contributed by atoms with Crippen molar-refractivity contribution in [2.75, 3.05) is 36.5 Å². The molecule has 3 heterocycles. The molecule has 2 aromatic heterocycles. The number of imidazole rings is 1. The summed E-state index contributed by atoms with van der Waals surface area (Å²) < 4.78 is 35.3. The highest BCUT2D eigenvalue weighted by Crippen LogP contribution is 2.32. The van der Waals surface area contributed by atoms with Crippen molar-refractivity contribution < 1.29 is 13.5 Å². The van der Waals surface area contributed by atoms with Crippen LogP contribution in [0.15, 0.2) is 30.3 Å². The lowest BCUT2D eigenvalue weighted by atomic mass is 9.86. The van der Waals surface area contributed by atoms with Crippen molar-refractivity contribution in [1.82, 2.24) is 19.5 Å². The lowest BCUT2D eigenvalue weighted by Crippen LogP contribution is -2.53. The Morgan fingerprint density at radius 3 is 2.60 bits per heavy atom. The molecule has 188 valence electrons. The third-order valence-corrected chi connectivity index (χ3v) is 7.07. The van der Waals surface area contributed by atoms with E-state index in [9.17, 15) is 8.78 Å². The van der Waals surface area contributed by atoms with Crippen molar-refractivity contribution in [3.05, 3.63) is 36.2 Å². The fraction of sp³-hybridized carbons (Fsp3) is 0.560. The molecule has 3 aromatic rings. The maximum absolute atomic E-state index is 14.1. The van der Waals surface area contributed by atoms with Gasteiger partial charge in [0.05, 0.1) is 29.8 Å². The normalized spacial score (nSPS) is 22.6. The average molecular weight is 486 g/mol.